The van der Waals surface area contributed by atoms with Gasteiger partial charge in [-0.3, -0.25) is 4.79 Å². The maximum absolute atomic E-state index is 10.7. The van der Waals surface area contributed by atoms with E-state index in [1.54, 1.807) is 0 Å². The zero-order valence-electron chi connectivity index (χ0n) is 8.41. The zero-order chi connectivity index (χ0) is 10.1. The average Bonchev–Trinajstić information content (AvgIpc) is 2.17. The van der Waals surface area contributed by atoms with Crippen LogP contribution >= 0.6 is 11.8 Å². The van der Waals surface area contributed by atoms with Gasteiger partial charge in [0.05, 0.1) is 5.69 Å². The van der Waals surface area contributed by atoms with Crippen molar-refractivity contribution in [3.8, 4) is 0 Å². The Kier molecular flexibility index (Phi) is 2.50. The van der Waals surface area contributed by atoms with Crippen LogP contribution in [0.15, 0.2) is 17.0 Å². The van der Waals surface area contributed by atoms with Crippen molar-refractivity contribution in [1.82, 2.24) is 0 Å². The van der Waals surface area contributed by atoms with E-state index in [1.807, 2.05) is 23.9 Å². The summed E-state index contributed by atoms with van der Waals surface area (Å²) in [5, 5.41) is 0. The molecule has 0 aliphatic carbocycles. The molecule has 0 atom stereocenters. The van der Waals surface area contributed by atoms with Gasteiger partial charge < -0.3 is 4.90 Å². The first-order valence-electron chi connectivity index (χ1n) is 4.66. The maximum atomic E-state index is 10.7. The molecule has 1 heterocycles. The van der Waals surface area contributed by atoms with Gasteiger partial charge in [-0.05, 0) is 24.6 Å². The van der Waals surface area contributed by atoms with E-state index < -0.39 is 0 Å². The number of thioether (sulfide) groups is 1. The summed E-state index contributed by atoms with van der Waals surface area (Å²) in [6.45, 7) is 3.15. The molecule has 0 aromatic heterocycles. The molecule has 2 rings (SSSR count). The van der Waals surface area contributed by atoms with E-state index in [2.05, 4.69) is 18.9 Å². The first-order chi connectivity index (χ1) is 6.72. The van der Waals surface area contributed by atoms with Crippen LogP contribution in [0.2, 0.25) is 0 Å². The molecule has 0 amide bonds. The minimum Gasteiger partial charge on any atom is -0.373 e. The number of hydrogen-bond acceptors (Lipinski definition) is 3. The van der Waals surface area contributed by atoms with E-state index in [4.69, 9.17) is 0 Å². The number of fused-ring (bicyclic) bond motifs is 1. The minimum absolute atomic E-state index is 0.782. The fourth-order valence-corrected chi connectivity index (χ4v) is 3.10. The largest absolute Gasteiger partial charge is 0.373 e. The lowest BCUT2D eigenvalue weighted by atomic mass is 10.1. The second-order valence-corrected chi connectivity index (χ2v) is 4.71. The monoisotopic (exact) mass is 207 g/mol. The second-order valence-electron chi connectivity index (χ2n) is 3.57. The highest BCUT2D eigenvalue weighted by Gasteiger charge is 2.16. The third-order valence-electron chi connectivity index (χ3n) is 2.49. The number of nitrogens with zero attached hydrogens (tertiary/aromatic N) is 1. The Bertz CT molecular complexity index is 376. The molecule has 0 N–H and O–H groups in total. The van der Waals surface area contributed by atoms with Gasteiger partial charge in [0.15, 0.2) is 0 Å². The van der Waals surface area contributed by atoms with Gasteiger partial charge in [0.1, 0.15) is 6.29 Å². The van der Waals surface area contributed by atoms with Crippen LogP contribution in [0, 0.1) is 6.92 Å². The molecule has 0 unspecified atom stereocenters. The van der Waals surface area contributed by atoms with Crippen LogP contribution in [0.25, 0.3) is 0 Å². The third kappa shape index (κ3) is 1.52. The van der Waals surface area contributed by atoms with Crippen molar-refractivity contribution >= 4 is 23.7 Å². The van der Waals surface area contributed by atoms with Crippen LogP contribution in [0.3, 0.4) is 0 Å². The van der Waals surface area contributed by atoms with Gasteiger partial charge in [0, 0.05) is 29.8 Å². The molecule has 0 fully saturated rings. The van der Waals surface area contributed by atoms with Gasteiger partial charge in [0.2, 0.25) is 0 Å². The Hall–Kier alpha value is -0.960. The number of rotatable bonds is 1. The highest BCUT2D eigenvalue weighted by atomic mass is 32.2. The fourth-order valence-electron chi connectivity index (χ4n) is 1.85. The van der Waals surface area contributed by atoms with Gasteiger partial charge in [-0.1, -0.05) is 0 Å². The Morgan fingerprint density at radius 1 is 1.50 bits per heavy atom. The Balaban J connectivity index is 2.56. The van der Waals surface area contributed by atoms with Crippen LogP contribution in [0.4, 0.5) is 5.69 Å². The second kappa shape index (κ2) is 3.65. The van der Waals surface area contributed by atoms with Gasteiger partial charge in [0.25, 0.3) is 0 Å². The Morgan fingerprint density at radius 3 is 3.00 bits per heavy atom. The van der Waals surface area contributed by atoms with Crippen LogP contribution in [-0.4, -0.2) is 25.6 Å². The maximum Gasteiger partial charge on any atom is 0.150 e. The molecular formula is C11H13NOS. The predicted octanol–water partition coefficient (Wildman–Crippen LogP) is 2.35. The lowest BCUT2D eigenvalue weighted by molar-refractivity contribution is 0.112. The molecular weight excluding hydrogens is 194 g/mol. The quantitative estimate of drug-likeness (QED) is 0.659. The van der Waals surface area contributed by atoms with Crippen molar-refractivity contribution in [3.05, 3.63) is 23.3 Å². The predicted molar refractivity (Wildman–Crippen MR) is 60.6 cm³/mol. The normalized spacial score (nSPS) is 15.1. The zero-order valence-corrected chi connectivity index (χ0v) is 9.23. The highest BCUT2D eigenvalue weighted by Crippen LogP contribution is 2.36. The van der Waals surface area contributed by atoms with Gasteiger partial charge in [-0.2, -0.15) is 0 Å². The van der Waals surface area contributed by atoms with Crippen molar-refractivity contribution in [2.45, 2.75) is 11.8 Å². The smallest absolute Gasteiger partial charge is 0.150 e. The third-order valence-corrected chi connectivity index (χ3v) is 3.50. The van der Waals surface area contributed by atoms with Gasteiger partial charge >= 0.3 is 0 Å². The summed E-state index contributed by atoms with van der Waals surface area (Å²) in [6, 6.07) is 3.93. The van der Waals surface area contributed by atoms with Crippen LogP contribution < -0.4 is 4.90 Å². The van der Waals surface area contributed by atoms with Crippen LogP contribution in [-0.2, 0) is 0 Å². The molecule has 0 bridgehead atoms. The molecule has 1 aliphatic heterocycles. The summed E-state index contributed by atoms with van der Waals surface area (Å²) < 4.78 is 0. The Labute approximate surface area is 88.3 Å². The van der Waals surface area contributed by atoms with Crippen molar-refractivity contribution in [3.63, 3.8) is 0 Å². The molecule has 0 saturated heterocycles. The minimum atomic E-state index is 0.782. The molecule has 1 aliphatic rings. The summed E-state index contributed by atoms with van der Waals surface area (Å²) in [6.07, 6.45) is 0.919. The first-order valence-corrected chi connectivity index (χ1v) is 5.64. The van der Waals surface area contributed by atoms with E-state index in [0.717, 1.165) is 24.1 Å². The molecule has 3 heteroatoms. The number of hydrogen-bond donors (Lipinski definition) is 0. The summed E-state index contributed by atoms with van der Waals surface area (Å²) in [4.78, 5) is 14.2. The molecule has 1 aromatic rings. The van der Waals surface area contributed by atoms with Crippen molar-refractivity contribution < 1.29 is 4.79 Å². The van der Waals surface area contributed by atoms with Crippen LogP contribution in [0.1, 0.15) is 15.9 Å². The molecule has 74 valence electrons. The van der Waals surface area contributed by atoms with E-state index in [-0.39, 0.29) is 0 Å². The lowest BCUT2D eigenvalue weighted by Gasteiger charge is -2.28. The molecule has 2 nitrogen and oxygen atoms in total. The number of aryl methyl sites for hydroxylation is 1. The van der Waals surface area contributed by atoms with E-state index in [1.165, 1.54) is 16.1 Å². The first kappa shape index (κ1) is 9.59. The highest BCUT2D eigenvalue weighted by molar-refractivity contribution is 7.99. The van der Waals surface area contributed by atoms with E-state index in [9.17, 15) is 4.79 Å². The number of aldehydes is 1. The average molecular weight is 207 g/mol. The summed E-state index contributed by atoms with van der Waals surface area (Å²) in [5.41, 5.74) is 3.26. The van der Waals surface area contributed by atoms with Crippen molar-refractivity contribution in [1.29, 1.82) is 0 Å². The molecule has 1 aromatic carbocycles. The number of carbonyl (C=O) groups is 1. The lowest BCUT2D eigenvalue weighted by Crippen LogP contribution is -2.25. The summed E-state index contributed by atoms with van der Waals surface area (Å²) in [7, 11) is 2.10. The van der Waals surface area contributed by atoms with Crippen LogP contribution in [0.5, 0.6) is 0 Å². The Morgan fingerprint density at radius 2 is 2.29 bits per heavy atom. The van der Waals surface area contributed by atoms with E-state index >= 15 is 0 Å². The topological polar surface area (TPSA) is 20.3 Å². The standard InChI is InChI=1S/C11H13NOS/c1-8-5-9(7-13)6-10-11(8)12(2)3-4-14-10/h5-7H,3-4H2,1-2H3. The van der Waals surface area contributed by atoms with Gasteiger partial charge in [-0.15, -0.1) is 11.8 Å². The number of benzene rings is 1. The molecule has 0 saturated carbocycles. The summed E-state index contributed by atoms with van der Waals surface area (Å²) in [5.74, 6) is 1.10. The molecule has 14 heavy (non-hydrogen) atoms. The molecule has 0 radical (unpaired) electrons. The summed E-state index contributed by atoms with van der Waals surface area (Å²) >= 11 is 1.84. The van der Waals surface area contributed by atoms with Crippen molar-refractivity contribution in [2.24, 2.45) is 0 Å². The van der Waals surface area contributed by atoms with Gasteiger partial charge in [-0.25, -0.2) is 0 Å². The fraction of sp³-hybridized carbons (Fsp3) is 0.364. The SMILES string of the molecule is Cc1cc(C=O)cc2c1N(C)CCS2. The van der Waals surface area contributed by atoms with E-state index in [0.29, 0.717) is 0 Å². The molecule has 0 spiro atoms. The van der Waals surface area contributed by atoms with Crippen molar-refractivity contribution in [2.75, 3.05) is 24.2 Å². The number of carbonyl (C=O) groups excluding carboxylic acids is 1. The number of anilines is 1.